The molecule has 0 aliphatic carbocycles. The topological polar surface area (TPSA) is 66.5 Å². The van der Waals surface area contributed by atoms with Gasteiger partial charge in [0.1, 0.15) is 11.5 Å². The number of benzene rings is 2. The zero-order valence-corrected chi connectivity index (χ0v) is 10.1. The fourth-order valence-electron chi connectivity index (χ4n) is 2.00. The maximum atomic E-state index is 9.27. The van der Waals surface area contributed by atoms with Crippen LogP contribution in [0.3, 0.4) is 0 Å². The molecule has 0 saturated heterocycles. The molecule has 0 fully saturated rings. The number of phenolic OH excluding ortho intramolecular Hbond substituents is 2. The second-order valence-electron chi connectivity index (χ2n) is 4.39. The van der Waals surface area contributed by atoms with Gasteiger partial charge in [-0.15, -0.1) is 0 Å². The van der Waals surface area contributed by atoms with Gasteiger partial charge in [-0.1, -0.05) is 24.3 Å². The Hall–Kier alpha value is -2.00. The summed E-state index contributed by atoms with van der Waals surface area (Å²) in [6.07, 6.45) is 0.821. The Morgan fingerprint density at radius 2 is 1.33 bits per heavy atom. The van der Waals surface area contributed by atoms with E-state index in [4.69, 9.17) is 5.73 Å². The van der Waals surface area contributed by atoms with Crippen molar-refractivity contribution in [3.05, 3.63) is 59.7 Å². The van der Waals surface area contributed by atoms with Crippen molar-refractivity contribution >= 4 is 0 Å². The van der Waals surface area contributed by atoms with Gasteiger partial charge >= 0.3 is 0 Å². The molecule has 0 amide bonds. The molecule has 2 aromatic carbocycles. The molecule has 0 heterocycles. The summed E-state index contributed by atoms with van der Waals surface area (Å²) >= 11 is 0. The first-order valence-electron chi connectivity index (χ1n) is 5.96. The Balaban J connectivity index is 2.14. The molecule has 1 atom stereocenters. The fraction of sp³-hybridized carbons (Fsp3) is 0.200. The maximum Gasteiger partial charge on any atom is 0.115 e. The third-order valence-electron chi connectivity index (χ3n) is 3.07. The van der Waals surface area contributed by atoms with E-state index in [2.05, 4.69) is 0 Å². The van der Waals surface area contributed by atoms with Crippen LogP contribution in [-0.2, 0) is 6.42 Å². The second-order valence-corrected chi connectivity index (χ2v) is 4.39. The van der Waals surface area contributed by atoms with Gasteiger partial charge in [0, 0.05) is 5.92 Å². The minimum Gasteiger partial charge on any atom is -0.508 e. The van der Waals surface area contributed by atoms with Gasteiger partial charge in [-0.25, -0.2) is 0 Å². The van der Waals surface area contributed by atoms with Crippen LogP contribution in [0.5, 0.6) is 11.5 Å². The van der Waals surface area contributed by atoms with E-state index in [1.54, 1.807) is 24.3 Å². The molecule has 3 nitrogen and oxygen atoms in total. The molecule has 0 saturated carbocycles. The molecule has 18 heavy (non-hydrogen) atoms. The van der Waals surface area contributed by atoms with E-state index in [9.17, 15) is 10.2 Å². The number of hydrogen-bond donors (Lipinski definition) is 3. The SMILES string of the molecule is NC[C@H](Cc1ccc(O)cc1)c1ccc(O)cc1. The summed E-state index contributed by atoms with van der Waals surface area (Å²) in [6, 6.07) is 14.3. The zero-order valence-electron chi connectivity index (χ0n) is 10.1. The van der Waals surface area contributed by atoms with Crippen molar-refractivity contribution in [2.24, 2.45) is 5.73 Å². The fourth-order valence-corrected chi connectivity index (χ4v) is 2.00. The number of phenols is 2. The first-order valence-corrected chi connectivity index (χ1v) is 5.96. The summed E-state index contributed by atoms with van der Waals surface area (Å²) in [5, 5.41) is 18.5. The summed E-state index contributed by atoms with van der Waals surface area (Å²) in [4.78, 5) is 0. The zero-order chi connectivity index (χ0) is 13.0. The van der Waals surface area contributed by atoms with Gasteiger partial charge < -0.3 is 15.9 Å². The van der Waals surface area contributed by atoms with E-state index >= 15 is 0 Å². The van der Waals surface area contributed by atoms with E-state index in [1.165, 1.54) is 0 Å². The molecule has 0 spiro atoms. The molecule has 2 aromatic rings. The maximum absolute atomic E-state index is 9.27. The van der Waals surface area contributed by atoms with Gasteiger partial charge in [0.15, 0.2) is 0 Å². The lowest BCUT2D eigenvalue weighted by atomic mass is 9.92. The molecule has 2 rings (SSSR count). The van der Waals surface area contributed by atoms with Crippen molar-refractivity contribution < 1.29 is 10.2 Å². The van der Waals surface area contributed by atoms with Gasteiger partial charge in [0.25, 0.3) is 0 Å². The van der Waals surface area contributed by atoms with Crippen LogP contribution in [0.15, 0.2) is 48.5 Å². The minimum atomic E-state index is 0.218. The first-order chi connectivity index (χ1) is 8.69. The first kappa shape index (κ1) is 12.5. The van der Waals surface area contributed by atoms with Gasteiger partial charge in [-0.3, -0.25) is 0 Å². The highest BCUT2D eigenvalue weighted by Crippen LogP contribution is 2.23. The monoisotopic (exact) mass is 243 g/mol. The van der Waals surface area contributed by atoms with Crippen molar-refractivity contribution in [3.8, 4) is 11.5 Å². The molecule has 0 unspecified atom stereocenters. The summed E-state index contributed by atoms with van der Waals surface area (Å²) in [5.74, 6) is 0.752. The van der Waals surface area contributed by atoms with E-state index in [-0.39, 0.29) is 17.4 Å². The predicted octanol–water partition coefficient (Wildman–Crippen LogP) is 2.38. The highest BCUT2D eigenvalue weighted by Gasteiger charge is 2.10. The van der Waals surface area contributed by atoms with Gasteiger partial charge in [-0.05, 0) is 48.4 Å². The summed E-state index contributed by atoms with van der Waals surface area (Å²) < 4.78 is 0. The van der Waals surface area contributed by atoms with E-state index in [0.717, 1.165) is 17.5 Å². The molecule has 0 radical (unpaired) electrons. The lowest BCUT2D eigenvalue weighted by Crippen LogP contribution is -2.14. The molecule has 0 bridgehead atoms. The lowest BCUT2D eigenvalue weighted by Gasteiger charge is -2.15. The number of aromatic hydroxyl groups is 2. The minimum absolute atomic E-state index is 0.218. The number of nitrogens with two attached hydrogens (primary N) is 1. The molecule has 94 valence electrons. The van der Waals surface area contributed by atoms with Crippen LogP contribution >= 0.6 is 0 Å². The normalized spacial score (nSPS) is 12.3. The van der Waals surface area contributed by atoms with Gasteiger partial charge in [0.05, 0.1) is 0 Å². The van der Waals surface area contributed by atoms with Crippen LogP contribution in [0, 0.1) is 0 Å². The molecule has 0 aliphatic rings. The Kier molecular flexibility index (Phi) is 3.85. The quantitative estimate of drug-likeness (QED) is 0.772. The van der Waals surface area contributed by atoms with Crippen LogP contribution in [0.2, 0.25) is 0 Å². The van der Waals surface area contributed by atoms with E-state index < -0.39 is 0 Å². The van der Waals surface area contributed by atoms with Crippen molar-refractivity contribution in [1.82, 2.24) is 0 Å². The van der Waals surface area contributed by atoms with Crippen LogP contribution < -0.4 is 5.73 Å². The van der Waals surface area contributed by atoms with E-state index in [0.29, 0.717) is 6.54 Å². The van der Waals surface area contributed by atoms with Gasteiger partial charge in [0.2, 0.25) is 0 Å². The third-order valence-corrected chi connectivity index (χ3v) is 3.07. The average molecular weight is 243 g/mol. The summed E-state index contributed by atoms with van der Waals surface area (Å²) in [5.41, 5.74) is 8.06. The van der Waals surface area contributed by atoms with Crippen molar-refractivity contribution in [2.75, 3.05) is 6.54 Å². The molecule has 3 heteroatoms. The standard InChI is InChI=1S/C15H17NO2/c16-10-13(12-3-7-15(18)8-4-12)9-11-1-5-14(17)6-2-11/h1-8,13,17-18H,9-10,16H2/t13-/m0/s1. The summed E-state index contributed by atoms with van der Waals surface area (Å²) in [6.45, 7) is 0.547. The smallest absolute Gasteiger partial charge is 0.115 e. The van der Waals surface area contributed by atoms with E-state index in [1.807, 2.05) is 24.3 Å². The van der Waals surface area contributed by atoms with Crippen molar-refractivity contribution in [3.63, 3.8) is 0 Å². The van der Waals surface area contributed by atoms with Crippen LogP contribution in [0.25, 0.3) is 0 Å². The number of rotatable bonds is 4. The lowest BCUT2D eigenvalue weighted by molar-refractivity contribution is 0.474. The predicted molar refractivity (Wildman–Crippen MR) is 71.7 cm³/mol. The molecule has 0 aromatic heterocycles. The van der Waals surface area contributed by atoms with Gasteiger partial charge in [-0.2, -0.15) is 0 Å². The Labute approximate surface area is 107 Å². The van der Waals surface area contributed by atoms with Crippen LogP contribution in [0.4, 0.5) is 0 Å². The summed E-state index contributed by atoms with van der Waals surface area (Å²) in [7, 11) is 0. The highest BCUT2D eigenvalue weighted by molar-refractivity contribution is 5.31. The Morgan fingerprint density at radius 1 is 0.833 bits per heavy atom. The molecule has 4 N–H and O–H groups in total. The van der Waals surface area contributed by atoms with Crippen molar-refractivity contribution in [1.29, 1.82) is 0 Å². The van der Waals surface area contributed by atoms with Crippen molar-refractivity contribution in [2.45, 2.75) is 12.3 Å². The second kappa shape index (κ2) is 5.56. The Morgan fingerprint density at radius 3 is 1.83 bits per heavy atom. The molecular formula is C15H17NO2. The highest BCUT2D eigenvalue weighted by atomic mass is 16.3. The molecule has 0 aliphatic heterocycles. The largest absolute Gasteiger partial charge is 0.508 e. The van der Waals surface area contributed by atoms with Crippen LogP contribution in [-0.4, -0.2) is 16.8 Å². The van der Waals surface area contributed by atoms with Crippen LogP contribution in [0.1, 0.15) is 17.0 Å². The number of hydrogen-bond acceptors (Lipinski definition) is 3. The average Bonchev–Trinajstić information content (AvgIpc) is 2.39. The molecular weight excluding hydrogens is 226 g/mol. The third kappa shape index (κ3) is 3.02. The Bertz CT molecular complexity index is 491.